The maximum Gasteiger partial charge on any atom is 0.317 e. The van der Waals surface area contributed by atoms with Crippen molar-refractivity contribution in [3.05, 3.63) is 29.0 Å². The third kappa shape index (κ3) is 5.01. The highest BCUT2D eigenvalue weighted by Crippen LogP contribution is 2.24. The van der Waals surface area contributed by atoms with Gasteiger partial charge < -0.3 is 9.84 Å². The van der Waals surface area contributed by atoms with Crippen molar-refractivity contribution in [3.8, 4) is 5.75 Å². The van der Waals surface area contributed by atoms with Gasteiger partial charge in [0.05, 0.1) is 11.6 Å². The standard InChI is InChI=1S/C11H13ClFNO3/c1-14(7-11(15)16)4-5-17-10-3-2-8(13)6-9(10)12/h2-3,6H,4-5,7H2,1H3,(H,15,16). The molecule has 0 saturated heterocycles. The Morgan fingerprint density at radius 1 is 1.59 bits per heavy atom. The first kappa shape index (κ1) is 13.7. The van der Waals surface area contributed by atoms with Gasteiger partial charge in [0, 0.05) is 6.54 Å². The van der Waals surface area contributed by atoms with Gasteiger partial charge in [-0.2, -0.15) is 0 Å². The molecule has 0 aliphatic rings. The van der Waals surface area contributed by atoms with Crippen LogP contribution in [0.3, 0.4) is 0 Å². The van der Waals surface area contributed by atoms with Crippen molar-refractivity contribution in [3.63, 3.8) is 0 Å². The molecule has 6 heteroatoms. The average Bonchev–Trinajstić information content (AvgIpc) is 2.20. The Labute approximate surface area is 104 Å². The first-order valence-corrected chi connectivity index (χ1v) is 5.35. The quantitative estimate of drug-likeness (QED) is 0.849. The van der Waals surface area contributed by atoms with Gasteiger partial charge >= 0.3 is 5.97 Å². The van der Waals surface area contributed by atoms with Gasteiger partial charge in [-0.25, -0.2) is 4.39 Å². The Balaban J connectivity index is 2.38. The molecule has 0 spiro atoms. The molecule has 0 aliphatic carbocycles. The van der Waals surface area contributed by atoms with Crippen LogP contribution in [-0.2, 0) is 4.79 Å². The SMILES string of the molecule is CN(CCOc1ccc(F)cc1Cl)CC(=O)O. The second kappa shape index (κ2) is 6.42. The molecule has 0 bridgehead atoms. The van der Waals surface area contributed by atoms with Crippen LogP contribution in [0.2, 0.25) is 5.02 Å². The molecule has 0 saturated carbocycles. The number of aliphatic carboxylic acids is 1. The van der Waals surface area contributed by atoms with Crippen LogP contribution in [-0.4, -0.2) is 42.7 Å². The minimum absolute atomic E-state index is 0.0550. The fraction of sp³-hybridized carbons (Fsp3) is 0.364. The topological polar surface area (TPSA) is 49.8 Å². The summed E-state index contributed by atoms with van der Waals surface area (Å²) < 4.78 is 18.0. The highest BCUT2D eigenvalue weighted by Gasteiger charge is 2.06. The Morgan fingerprint density at radius 2 is 2.29 bits per heavy atom. The van der Waals surface area contributed by atoms with Crippen LogP contribution in [0, 0.1) is 5.82 Å². The first-order valence-electron chi connectivity index (χ1n) is 4.97. The summed E-state index contributed by atoms with van der Waals surface area (Å²) in [5.74, 6) is -0.936. The van der Waals surface area contributed by atoms with Gasteiger partial charge in [0.1, 0.15) is 18.2 Å². The number of nitrogens with zero attached hydrogens (tertiary/aromatic N) is 1. The third-order valence-electron chi connectivity index (χ3n) is 2.03. The average molecular weight is 262 g/mol. The summed E-state index contributed by atoms with van der Waals surface area (Å²) in [4.78, 5) is 12.0. The van der Waals surface area contributed by atoms with Crippen LogP contribution in [0.25, 0.3) is 0 Å². The second-order valence-corrected chi connectivity index (χ2v) is 3.96. The maximum atomic E-state index is 12.7. The zero-order chi connectivity index (χ0) is 12.8. The van der Waals surface area contributed by atoms with E-state index in [1.165, 1.54) is 12.1 Å². The van der Waals surface area contributed by atoms with Crippen molar-refractivity contribution in [1.82, 2.24) is 4.90 Å². The number of carboxylic acid groups (broad SMARTS) is 1. The van der Waals surface area contributed by atoms with Crippen molar-refractivity contribution in [2.24, 2.45) is 0 Å². The molecule has 0 aliphatic heterocycles. The number of halogens is 2. The van der Waals surface area contributed by atoms with Crippen molar-refractivity contribution >= 4 is 17.6 Å². The number of likely N-dealkylation sites (N-methyl/N-ethyl adjacent to an activating group) is 1. The van der Waals surface area contributed by atoms with Crippen LogP contribution >= 0.6 is 11.6 Å². The van der Waals surface area contributed by atoms with Crippen molar-refractivity contribution < 1.29 is 19.0 Å². The number of carbonyl (C=O) groups is 1. The Hall–Kier alpha value is -1.33. The summed E-state index contributed by atoms with van der Waals surface area (Å²) in [6.07, 6.45) is 0. The van der Waals surface area contributed by atoms with E-state index in [2.05, 4.69) is 0 Å². The lowest BCUT2D eigenvalue weighted by atomic mass is 10.3. The highest BCUT2D eigenvalue weighted by atomic mass is 35.5. The Morgan fingerprint density at radius 3 is 2.88 bits per heavy atom. The van der Waals surface area contributed by atoms with E-state index >= 15 is 0 Å². The van der Waals surface area contributed by atoms with E-state index in [-0.39, 0.29) is 18.2 Å². The number of hydrogen-bond acceptors (Lipinski definition) is 3. The zero-order valence-electron chi connectivity index (χ0n) is 9.32. The highest BCUT2D eigenvalue weighted by molar-refractivity contribution is 6.32. The van der Waals surface area contributed by atoms with Crippen molar-refractivity contribution in [1.29, 1.82) is 0 Å². The lowest BCUT2D eigenvalue weighted by Gasteiger charge is -2.14. The number of rotatable bonds is 6. The normalized spacial score (nSPS) is 10.6. The van der Waals surface area contributed by atoms with Gasteiger partial charge in [-0.05, 0) is 25.2 Å². The van der Waals surface area contributed by atoms with E-state index < -0.39 is 11.8 Å². The van der Waals surface area contributed by atoms with Crippen LogP contribution in [0.4, 0.5) is 4.39 Å². The molecule has 1 aromatic rings. The van der Waals surface area contributed by atoms with Gasteiger partial charge in [-0.1, -0.05) is 11.6 Å². The summed E-state index contributed by atoms with van der Waals surface area (Å²) in [6, 6.07) is 3.86. The van der Waals surface area contributed by atoms with E-state index in [0.29, 0.717) is 12.3 Å². The summed E-state index contributed by atoms with van der Waals surface area (Å²) in [6.45, 7) is 0.676. The van der Waals surface area contributed by atoms with Crippen molar-refractivity contribution in [2.75, 3.05) is 26.7 Å². The minimum atomic E-state index is -0.896. The molecule has 0 fully saturated rings. The van der Waals surface area contributed by atoms with Gasteiger partial charge in [0.25, 0.3) is 0 Å². The largest absolute Gasteiger partial charge is 0.491 e. The molecule has 4 nitrogen and oxygen atoms in total. The molecule has 0 atom stereocenters. The predicted octanol–water partition coefficient (Wildman–Crippen LogP) is 1.87. The summed E-state index contributed by atoms with van der Waals surface area (Å²) in [5.41, 5.74) is 0. The van der Waals surface area contributed by atoms with Gasteiger partial charge in [0.15, 0.2) is 0 Å². The molecular formula is C11H13ClFNO3. The number of carboxylic acids is 1. The summed E-state index contributed by atoms with van der Waals surface area (Å²) in [5, 5.41) is 8.73. The summed E-state index contributed by atoms with van der Waals surface area (Å²) >= 11 is 5.76. The molecule has 1 aromatic carbocycles. The zero-order valence-corrected chi connectivity index (χ0v) is 10.1. The van der Waals surface area contributed by atoms with E-state index in [0.717, 1.165) is 6.07 Å². The molecule has 1 rings (SSSR count). The van der Waals surface area contributed by atoms with Crippen molar-refractivity contribution in [2.45, 2.75) is 0 Å². The monoisotopic (exact) mass is 261 g/mol. The first-order chi connectivity index (χ1) is 7.99. The second-order valence-electron chi connectivity index (χ2n) is 3.55. The molecule has 0 radical (unpaired) electrons. The van der Waals surface area contributed by atoms with Crippen LogP contribution < -0.4 is 4.74 Å². The number of ether oxygens (including phenoxy) is 1. The molecule has 1 N–H and O–H groups in total. The van der Waals surface area contributed by atoms with Crippen LogP contribution in [0.5, 0.6) is 5.75 Å². The lowest BCUT2D eigenvalue weighted by molar-refractivity contribution is -0.138. The van der Waals surface area contributed by atoms with Gasteiger partial charge in [0.2, 0.25) is 0 Å². The number of hydrogen-bond donors (Lipinski definition) is 1. The molecule has 0 aromatic heterocycles. The molecule has 0 heterocycles. The Bertz CT molecular complexity index is 400. The molecule has 17 heavy (non-hydrogen) atoms. The fourth-order valence-electron chi connectivity index (χ4n) is 1.21. The van der Waals surface area contributed by atoms with E-state index in [4.69, 9.17) is 21.4 Å². The van der Waals surface area contributed by atoms with Gasteiger partial charge in [-0.15, -0.1) is 0 Å². The molecule has 94 valence electrons. The van der Waals surface area contributed by atoms with E-state index in [1.54, 1.807) is 11.9 Å². The fourth-order valence-corrected chi connectivity index (χ4v) is 1.44. The van der Waals surface area contributed by atoms with E-state index in [1.807, 2.05) is 0 Å². The maximum absolute atomic E-state index is 12.7. The lowest BCUT2D eigenvalue weighted by Crippen LogP contribution is -2.29. The minimum Gasteiger partial charge on any atom is -0.491 e. The van der Waals surface area contributed by atoms with Crippen LogP contribution in [0.1, 0.15) is 0 Å². The smallest absolute Gasteiger partial charge is 0.317 e. The number of benzene rings is 1. The third-order valence-corrected chi connectivity index (χ3v) is 2.33. The predicted molar refractivity (Wildman–Crippen MR) is 62.0 cm³/mol. The molecule has 0 unspecified atom stereocenters. The molecular weight excluding hydrogens is 249 g/mol. The molecule has 0 amide bonds. The summed E-state index contributed by atoms with van der Waals surface area (Å²) in [7, 11) is 1.67. The van der Waals surface area contributed by atoms with Gasteiger partial charge in [-0.3, -0.25) is 9.69 Å². The van der Waals surface area contributed by atoms with Crippen LogP contribution in [0.15, 0.2) is 18.2 Å². The Kier molecular flexibility index (Phi) is 5.18. The van der Waals surface area contributed by atoms with E-state index in [9.17, 15) is 9.18 Å².